The monoisotopic (exact) mass is 468 g/mol. The van der Waals surface area contributed by atoms with Crippen LogP contribution in [0.3, 0.4) is 0 Å². The van der Waals surface area contributed by atoms with Crippen molar-refractivity contribution in [2.24, 2.45) is 11.8 Å². The van der Waals surface area contributed by atoms with Gasteiger partial charge in [0.25, 0.3) is 17.7 Å². The Balaban J connectivity index is 1.79. The van der Waals surface area contributed by atoms with Gasteiger partial charge in [-0.2, -0.15) is 0 Å². The third-order valence-corrected chi connectivity index (χ3v) is 6.18. The van der Waals surface area contributed by atoms with Crippen LogP contribution in [-0.2, 0) is 9.53 Å². The van der Waals surface area contributed by atoms with Crippen LogP contribution in [0.4, 0.5) is 14.6 Å². The lowest BCUT2D eigenvalue weighted by atomic mass is 10.0. The number of hydrogen-bond donors (Lipinski definition) is 1. The molecule has 1 aromatic rings. The Hall–Kier alpha value is -2.52. The predicted molar refractivity (Wildman–Crippen MR) is 119 cm³/mol. The van der Waals surface area contributed by atoms with Gasteiger partial charge in [-0.1, -0.05) is 26.7 Å². The van der Waals surface area contributed by atoms with Crippen LogP contribution in [-0.4, -0.2) is 60.6 Å². The van der Waals surface area contributed by atoms with Crippen LogP contribution >= 0.6 is 0 Å². The number of carbonyl (C=O) groups excluding carboxylic acids is 2. The van der Waals surface area contributed by atoms with Crippen molar-refractivity contribution >= 4 is 17.7 Å². The Labute approximate surface area is 193 Å². The molecule has 3 rings (SSSR count). The molecule has 184 valence electrons. The van der Waals surface area contributed by atoms with Gasteiger partial charge in [0.1, 0.15) is 6.04 Å². The molecule has 0 bridgehead atoms. The fourth-order valence-corrected chi connectivity index (χ4v) is 4.27. The molecule has 10 heteroatoms. The van der Waals surface area contributed by atoms with Gasteiger partial charge in [-0.3, -0.25) is 4.79 Å². The van der Waals surface area contributed by atoms with Gasteiger partial charge in [0.2, 0.25) is 0 Å². The van der Waals surface area contributed by atoms with E-state index in [4.69, 9.17) is 9.47 Å². The maximum absolute atomic E-state index is 13.6. The second-order valence-corrected chi connectivity index (χ2v) is 9.37. The minimum Gasteiger partial charge on any atom is -0.475 e. The molecule has 0 unspecified atom stereocenters. The predicted octanol–water partition coefficient (Wildman–Crippen LogP) is 3.60. The molecule has 0 aromatic carbocycles. The zero-order chi connectivity index (χ0) is 24.0. The molecule has 8 nitrogen and oxygen atoms in total. The summed E-state index contributed by atoms with van der Waals surface area (Å²) in [6.07, 6.45) is 5.61. The largest absolute Gasteiger partial charge is 0.475 e. The van der Waals surface area contributed by atoms with Crippen LogP contribution in [0, 0.1) is 11.8 Å². The number of methoxy groups -OCH3 is 1. The smallest absolute Gasteiger partial charge is 0.328 e. The van der Waals surface area contributed by atoms with Gasteiger partial charge in [-0.25, -0.2) is 23.5 Å². The average molecular weight is 469 g/mol. The highest BCUT2D eigenvalue weighted by atomic mass is 19.3. The van der Waals surface area contributed by atoms with E-state index in [1.165, 1.54) is 13.3 Å². The number of aromatic nitrogens is 2. The van der Waals surface area contributed by atoms with E-state index >= 15 is 0 Å². The highest BCUT2D eigenvalue weighted by molar-refractivity contribution is 5.95. The second-order valence-electron chi connectivity index (χ2n) is 9.37. The van der Waals surface area contributed by atoms with Crippen LogP contribution in [0.25, 0.3) is 0 Å². The number of hydrogen-bond acceptors (Lipinski definition) is 7. The van der Waals surface area contributed by atoms with Crippen molar-refractivity contribution < 1.29 is 27.8 Å². The molecule has 1 aromatic heterocycles. The summed E-state index contributed by atoms with van der Waals surface area (Å²) in [7, 11) is 1.27. The Bertz CT molecular complexity index is 821. The molecule has 1 aliphatic heterocycles. The number of esters is 1. The summed E-state index contributed by atoms with van der Waals surface area (Å²) < 4.78 is 38.1. The minimum atomic E-state index is -2.69. The summed E-state index contributed by atoms with van der Waals surface area (Å²) in [5.41, 5.74) is 0.000158. The van der Waals surface area contributed by atoms with Gasteiger partial charge in [-0.05, 0) is 31.1 Å². The number of piperidine rings is 1. The fourth-order valence-electron chi connectivity index (χ4n) is 4.27. The lowest BCUT2D eigenvalue weighted by Gasteiger charge is -2.33. The van der Waals surface area contributed by atoms with E-state index in [-0.39, 0.29) is 43.4 Å². The number of ether oxygens (including phenoxy) is 2. The normalized spacial score (nSPS) is 19.4. The topological polar surface area (TPSA) is 93.6 Å². The highest BCUT2D eigenvalue weighted by Crippen LogP contribution is 2.34. The van der Waals surface area contributed by atoms with E-state index in [0.717, 1.165) is 25.7 Å². The SMILES string of the molecule is COC(=O)[C@H](CC(C)C)NC(=O)c1cnc(N2CCC(F)(F)CC2)c(OCC2CCCC2)n1. The summed E-state index contributed by atoms with van der Waals surface area (Å²) in [6, 6.07) is -0.809. The molecule has 2 heterocycles. The quantitative estimate of drug-likeness (QED) is 0.554. The molecule has 1 aliphatic carbocycles. The van der Waals surface area contributed by atoms with Crippen molar-refractivity contribution in [2.45, 2.75) is 70.8 Å². The molecule has 0 spiro atoms. The molecule has 1 amide bonds. The van der Waals surface area contributed by atoms with Gasteiger partial charge >= 0.3 is 5.97 Å². The number of amides is 1. The molecule has 33 heavy (non-hydrogen) atoms. The van der Waals surface area contributed by atoms with Crippen molar-refractivity contribution in [3.63, 3.8) is 0 Å². The van der Waals surface area contributed by atoms with Crippen LogP contribution in [0.5, 0.6) is 5.88 Å². The Morgan fingerprint density at radius 3 is 2.52 bits per heavy atom. The standard InChI is InChI=1S/C23H34F2N4O4/c1-15(2)12-17(22(31)32-3)27-20(30)18-13-26-19(29-10-8-23(24,25)9-11-29)21(28-18)33-14-16-6-4-5-7-16/h13,15-17H,4-12,14H2,1-3H3,(H,27,30)/t17-/m0/s1. The summed E-state index contributed by atoms with van der Waals surface area (Å²) >= 11 is 0. The summed E-state index contributed by atoms with van der Waals surface area (Å²) in [6.45, 7) is 4.58. The molecule has 2 aliphatic rings. The van der Waals surface area contributed by atoms with Crippen LogP contribution < -0.4 is 15.0 Å². The van der Waals surface area contributed by atoms with E-state index in [0.29, 0.717) is 24.8 Å². The van der Waals surface area contributed by atoms with Crippen LogP contribution in [0.1, 0.15) is 69.3 Å². The molecular weight excluding hydrogens is 434 g/mol. The number of carbonyl (C=O) groups is 2. The van der Waals surface area contributed by atoms with E-state index in [2.05, 4.69) is 15.3 Å². The average Bonchev–Trinajstić information content (AvgIpc) is 3.30. The second kappa shape index (κ2) is 11.1. The summed E-state index contributed by atoms with van der Waals surface area (Å²) in [5.74, 6) is -2.70. The Morgan fingerprint density at radius 1 is 1.24 bits per heavy atom. The van der Waals surface area contributed by atoms with Crippen molar-refractivity contribution in [3.8, 4) is 5.88 Å². The number of nitrogens with zero attached hydrogens (tertiary/aromatic N) is 3. The lowest BCUT2D eigenvalue weighted by molar-refractivity contribution is -0.143. The highest BCUT2D eigenvalue weighted by Gasteiger charge is 2.36. The molecule has 1 saturated heterocycles. The Morgan fingerprint density at radius 2 is 1.91 bits per heavy atom. The van der Waals surface area contributed by atoms with Crippen molar-refractivity contribution in [1.82, 2.24) is 15.3 Å². The summed E-state index contributed by atoms with van der Waals surface area (Å²) in [4.78, 5) is 35.4. The van der Waals surface area contributed by atoms with Crippen LogP contribution in [0.2, 0.25) is 0 Å². The third-order valence-electron chi connectivity index (χ3n) is 6.18. The zero-order valence-electron chi connectivity index (χ0n) is 19.6. The first-order valence-corrected chi connectivity index (χ1v) is 11.7. The number of halogens is 2. The van der Waals surface area contributed by atoms with Crippen molar-refractivity contribution in [2.75, 3.05) is 31.7 Å². The zero-order valence-corrected chi connectivity index (χ0v) is 19.6. The van der Waals surface area contributed by atoms with Gasteiger partial charge in [0.05, 0.1) is 19.9 Å². The fraction of sp³-hybridized carbons (Fsp3) is 0.739. The third kappa shape index (κ3) is 6.98. The van der Waals surface area contributed by atoms with Gasteiger partial charge in [0.15, 0.2) is 11.5 Å². The number of anilines is 1. The van der Waals surface area contributed by atoms with Gasteiger partial charge in [0, 0.05) is 25.9 Å². The number of alkyl halides is 2. The van der Waals surface area contributed by atoms with E-state index < -0.39 is 23.8 Å². The van der Waals surface area contributed by atoms with Crippen molar-refractivity contribution in [1.29, 1.82) is 0 Å². The maximum atomic E-state index is 13.6. The molecular formula is C23H34F2N4O4. The molecule has 1 N–H and O–H groups in total. The van der Waals surface area contributed by atoms with E-state index in [9.17, 15) is 18.4 Å². The molecule has 1 saturated carbocycles. The van der Waals surface area contributed by atoms with E-state index in [1.54, 1.807) is 4.90 Å². The molecule has 2 fully saturated rings. The molecule has 1 atom stereocenters. The lowest BCUT2D eigenvalue weighted by Crippen LogP contribution is -2.43. The maximum Gasteiger partial charge on any atom is 0.328 e. The van der Waals surface area contributed by atoms with E-state index in [1.807, 2.05) is 13.8 Å². The summed E-state index contributed by atoms with van der Waals surface area (Å²) in [5, 5.41) is 2.67. The van der Waals surface area contributed by atoms with Crippen molar-refractivity contribution in [3.05, 3.63) is 11.9 Å². The number of rotatable bonds is 9. The first-order chi connectivity index (χ1) is 15.7. The van der Waals surface area contributed by atoms with Gasteiger partial charge in [-0.15, -0.1) is 0 Å². The minimum absolute atomic E-state index is 0.000158. The first kappa shape index (κ1) is 25.1. The van der Waals surface area contributed by atoms with Crippen LogP contribution in [0.15, 0.2) is 6.20 Å². The van der Waals surface area contributed by atoms with Gasteiger partial charge < -0.3 is 19.7 Å². The first-order valence-electron chi connectivity index (χ1n) is 11.7. The molecule has 0 radical (unpaired) electrons. The Kier molecular flexibility index (Phi) is 8.42. The number of nitrogens with one attached hydrogen (secondary N) is 1.